The van der Waals surface area contributed by atoms with Crippen LogP contribution >= 0.6 is 23.5 Å². The molecule has 2 aromatic heterocycles. The number of aryl methyl sites for hydroxylation is 3. The molecule has 2 amide bonds. The van der Waals surface area contributed by atoms with Crippen LogP contribution in [-0.2, 0) is 6.54 Å². The van der Waals surface area contributed by atoms with Crippen molar-refractivity contribution >= 4 is 46.2 Å². The lowest BCUT2D eigenvalue weighted by molar-refractivity contribution is 0.203. The first-order valence-electron chi connectivity index (χ1n) is 13.1. The van der Waals surface area contributed by atoms with E-state index in [2.05, 4.69) is 67.5 Å². The second-order valence-corrected chi connectivity index (χ2v) is 11.3. The van der Waals surface area contributed by atoms with Crippen molar-refractivity contribution in [3.05, 3.63) is 71.1 Å². The molecule has 4 aromatic rings. The standard InChI is InChI=1S/C31H37N3O2S2/c1-7-8-9-16-34(31(35)33-29-27(37-5)18-22(4)32-30(29)38-6)19-26-28(23-13-10-20(2)11-14-23)24-17-21(3)12-15-25(24)36-26/h10-15,17-18H,7-9,16,19H2,1-6H3,(H,33,35). The number of fused-ring (bicyclic) bond motifs is 1. The smallest absolute Gasteiger partial charge is 0.322 e. The van der Waals surface area contributed by atoms with Gasteiger partial charge in [-0.1, -0.05) is 61.2 Å². The van der Waals surface area contributed by atoms with E-state index in [0.29, 0.717) is 13.1 Å². The van der Waals surface area contributed by atoms with Crippen LogP contribution in [0.4, 0.5) is 10.5 Å². The molecule has 0 bridgehead atoms. The predicted octanol–water partition coefficient (Wildman–Crippen LogP) is 9.09. The average Bonchev–Trinajstić information content (AvgIpc) is 3.26. The normalized spacial score (nSPS) is 11.2. The molecule has 0 aliphatic rings. The molecule has 200 valence electrons. The van der Waals surface area contributed by atoms with Crippen LogP contribution < -0.4 is 5.32 Å². The molecule has 2 aromatic carbocycles. The van der Waals surface area contributed by atoms with Gasteiger partial charge in [0, 0.05) is 28.1 Å². The van der Waals surface area contributed by atoms with Crippen molar-refractivity contribution in [3.63, 3.8) is 0 Å². The quantitative estimate of drug-likeness (QED) is 0.158. The van der Waals surface area contributed by atoms with Gasteiger partial charge >= 0.3 is 6.03 Å². The van der Waals surface area contributed by atoms with Crippen molar-refractivity contribution in [1.82, 2.24) is 9.88 Å². The van der Waals surface area contributed by atoms with Gasteiger partial charge in [-0.15, -0.1) is 23.5 Å². The molecule has 0 aliphatic carbocycles. The lowest BCUT2D eigenvalue weighted by Gasteiger charge is -2.24. The number of unbranched alkanes of at least 4 members (excludes halogenated alkanes) is 2. The first kappa shape index (κ1) is 28.1. The number of thioether (sulfide) groups is 2. The molecular weight excluding hydrogens is 510 g/mol. The van der Waals surface area contributed by atoms with Gasteiger partial charge in [-0.3, -0.25) is 0 Å². The minimum absolute atomic E-state index is 0.135. The highest BCUT2D eigenvalue weighted by Gasteiger charge is 2.23. The van der Waals surface area contributed by atoms with Crippen LogP contribution in [0, 0.1) is 20.8 Å². The molecule has 38 heavy (non-hydrogen) atoms. The maximum atomic E-state index is 13.8. The molecule has 0 saturated carbocycles. The van der Waals surface area contributed by atoms with Crippen LogP contribution in [0.1, 0.15) is 48.8 Å². The van der Waals surface area contributed by atoms with E-state index in [4.69, 9.17) is 4.42 Å². The number of pyridine rings is 1. The maximum absolute atomic E-state index is 13.8. The second-order valence-electron chi connectivity index (χ2n) is 9.67. The third-order valence-electron chi connectivity index (χ3n) is 6.63. The Morgan fingerprint density at radius 3 is 2.39 bits per heavy atom. The monoisotopic (exact) mass is 547 g/mol. The topological polar surface area (TPSA) is 58.4 Å². The third kappa shape index (κ3) is 6.38. The van der Waals surface area contributed by atoms with E-state index in [0.717, 1.165) is 68.4 Å². The Morgan fingerprint density at radius 2 is 1.71 bits per heavy atom. The van der Waals surface area contributed by atoms with Crippen molar-refractivity contribution < 1.29 is 9.21 Å². The van der Waals surface area contributed by atoms with E-state index in [1.54, 1.807) is 23.5 Å². The maximum Gasteiger partial charge on any atom is 0.322 e. The molecule has 5 nitrogen and oxygen atoms in total. The summed E-state index contributed by atoms with van der Waals surface area (Å²) in [5.74, 6) is 0.804. The fourth-order valence-corrected chi connectivity index (χ4v) is 5.92. The predicted molar refractivity (Wildman–Crippen MR) is 163 cm³/mol. The highest BCUT2D eigenvalue weighted by Crippen LogP contribution is 2.37. The highest BCUT2D eigenvalue weighted by atomic mass is 32.2. The summed E-state index contributed by atoms with van der Waals surface area (Å²) in [5, 5.41) is 5.11. The number of hydrogen-bond donors (Lipinski definition) is 1. The van der Waals surface area contributed by atoms with Gasteiger partial charge in [-0.05, 0) is 63.5 Å². The van der Waals surface area contributed by atoms with Crippen molar-refractivity contribution in [3.8, 4) is 11.1 Å². The summed E-state index contributed by atoms with van der Waals surface area (Å²) in [6.07, 6.45) is 7.10. The number of carbonyl (C=O) groups excluding carboxylic acids is 1. The van der Waals surface area contributed by atoms with Crippen LogP contribution in [0.25, 0.3) is 22.1 Å². The largest absolute Gasteiger partial charge is 0.459 e. The van der Waals surface area contributed by atoms with Crippen LogP contribution in [0.2, 0.25) is 0 Å². The summed E-state index contributed by atoms with van der Waals surface area (Å²) >= 11 is 3.17. The van der Waals surface area contributed by atoms with Gasteiger partial charge in [0.2, 0.25) is 0 Å². The summed E-state index contributed by atoms with van der Waals surface area (Å²) in [5.41, 5.74) is 7.10. The number of nitrogens with zero attached hydrogens (tertiary/aromatic N) is 2. The average molecular weight is 548 g/mol. The first-order chi connectivity index (χ1) is 18.3. The minimum atomic E-state index is -0.135. The summed E-state index contributed by atoms with van der Waals surface area (Å²) in [6.45, 7) is 9.37. The highest BCUT2D eigenvalue weighted by molar-refractivity contribution is 7.99. The lowest BCUT2D eigenvalue weighted by Crippen LogP contribution is -2.35. The van der Waals surface area contributed by atoms with E-state index in [9.17, 15) is 4.79 Å². The number of benzene rings is 2. The van der Waals surface area contributed by atoms with E-state index in [1.807, 2.05) is 36.5 Å². The van der Waals surface area contributed by atoms with Gasteiger partial charge in [-0.2, -0.15) is 0 Å². The van der Waals surface area contributed by atoms with Gasteiger partial charge in [0.25, 0.3) is 0 Å². The van der Waals surface area contributed by atoms with E-state index in [-0.39, 0.29) is 6.03 Å². The second kappa shape index (κ2) is 12.8. The van der Waals surface area contributed by atoms with Gasteiger partial charge < -0.3 is 14.6 Å². The molecule has 0 radical (unpaired) electrons. The number of nitrogens with one attached hydrogen (secondary N) is 1. The number of rotatable bonds is 10. The summed E-state index contributed by atoms with van der Waals surface area (Å²) in [4.78, 5) is 21.4. The molecular formula is C31H37N3O2S2. The van der Waals surface area contributed by atoms with Crippen LogP contribution in [-0.4, -0.2) is 35.0 Å². The van der Waals surface area contributed by atoms with Gasteiger partial charge in [-0.25, -0.2) is 9.78 Å². The molecule has 0 atom stereocenters. The Morgan fingerprint density at radius 1 is 0.974 bits per heavy atom. The van der Waals surface area contributed by atoms with Crippen molar-refractivity contribution in [2.24, 2.45) is 0 Å². The van der Waals surface area contributed by atoms with E-state index in [1.165, 1.54) is 11.1 Å². The lowest BCUT2D eigenvalue weighted by atomic mass is 9.99. The molecule has 0 aliphatic heterocycles. The zero-order valence-corrected chi connectivity index (χ0v) is 24.8. The molecule has 4 rings (SSSR count). The van der Waals surface area contributed by atoms with E-state index < -0.39 is 0 Å². The fraction of sp³-hybridized carbons (Fsp3) is 0.355. The molecule has 0 unspecified atom stereocenters. The third-order valence-corrected chi connectivity index (χ3v) is 8.08. The molecule has 0 fully saturated rings. The molecule has 0 spiro atoms. The van der Waals surface area contributed by atoms with Crippen LogP contribution in [0.5, 0.6) is 0 Å². The summed E-state index contributed by atoms with van der Waals surface area (Å²) < 4.78 is 6.44. The zero-order chi connectivity index (χ0) is 27.2. The zero-order valence-electron chi connectivity index (χ0n) is 23.2. The number of amides is 2. The number of hydrogen-bond acceptors (Lipinski definition) is 5. The number of urea groups is 1. The van der Waals surface area contributed by atoms with Crippen LogP contribution in [0.15, 0.2) is 62.9 Å². The van der Waals surface area contributed by atoms with Gasteiger partial charge in [0.05, 0.1) is 12.2 Å². The van der Waals surface area contributed by atoms with Crippen molar-refractivity contribution in [2.75, 3.05) is 24.4 Å². The Hall–Kier alpha value is -2.90. The van der Waals surface area contributed by atoms with Gasteiger partial charge in [0.15, 0.2) is 0 Å². The first-order valence-corrected chi connectivity index (χ1v) is 15.5. The molecule has 0 saturated heterocycles. The Bertz CT molecular complexity index is 1390. The van der Waals surface area contributed by atoms with Crippen molar-refractivity contribution in [2.45, 2.75) is 63.4 Å². The number of aromatic nitrogens is 1. The number of furan rings is 1. The number of carbonyl (C=O) groups is 1. The Kier molecular flexibility index (Phi) is 9.44. The molecule has 1 N–H and O–H groups in total. The summed E-state index contributed by atoms with van der Waals surface area (Å²) in [7, 11) is 0. The van der Waals surface area contributed by atoms with E-state index >= 15 is 0 Å². The number of anilines is 1. The molecule has 2 heterocycles. The molecule has 7 heteroatoms. The Labute approximate surface area is 234 Å². The SMILES string of the molecule is CCCCCN(Cc1oc2ccc(C)cc2c1-c1ccc(C)cc1)C(=O)Nc1c(SC)cc(C)nc1SC. The fourth-order valence-electron chi connectivity index (χ4n) is 4.61. The van der Waals surface area contributed by atoms with Crippen molar-refractivity contribution in [1.29, 1.82) is 0 Å². The Balaban J connectivity index is 1.73. The minimum Gasteiger partial charge on any atom is -0.459 e. The van der Waals surface area contributed by atoms with Gasteiger partial charge in [0.1, 0.15) is 16.4 Å². The van der Waals surface area contributed by atoms with Crippen LogP contribution in [0.3, 0.4) is 0 Å². The summed E-state index contributed by atoms with van der Waals surface area (Å²) in [6, 6.07) is 16.7.